The summed E-state index contributed by atoms with van der Waals surface area (Å²) in [6, 6.07) is 3.26. The molecule has 0 amide bonds. The molecule has 0 heterocycles. The van der Waals surface area contributed by atoms with Crippen molar-refractivity contribution in [3.63, 3.8) is 0 Å². The van der Waals surface area contributed by atoms with Crippen LogP contribution in [0.4, 0.5) is 4.39 Å². The summed E-state index contributed by atoms with van der Waals surface area (Å²) >= 11 is 0. The summed E-state index contributed by atoms with van der Waals surface area (Å²) in [6.45, 7) is 2.93. The monoisotopic (exact) mass is 314 g/mol. The lowest BCUT2D eigenvalue weighted by molar-refractivity contribution is 0.0640. The lowest BCUT2D eigenvalue weighted by Crippen LogP contribution is -2.39. The van der Waals surface area contributed by atoms with Crippen LogP contribution in [0.1, 0.15) is 19.4 Å². The van der Waals surface area contributed by atoms with E-state index in [0.717, 1.165) is 22.5 Å². The molecular formula is C14H19FN2O3S. The van der Waals surface area contributed by atoms with E-state index in [1.807, 2.05) is 0 Å². The Hall–Kier alpha value is -1.46. The van der Waals surface area contributed by atoms with Crippen LogP contribution in [0.25, 0.3) is 0 Å². The maximum absolute atomic E-state index is 13.3. The Morgan fingerprint density at radius 3 is 2.57 bits per heavy atom. The van der Waals surface area contributed by atoms with E-state index in [4.69, 9.17) is 5.73 Å². The van der Waals surface area contributed by atoms with Crippen LogP contribution in [0.2, 0.25) is 0 Å². The predicted octanol–water partition coefficient (Wildman–Crippen LogP) is 0.527. The van der Waals surface area contributed by atoms with Crippen molar-refractivity contribution in [2.45, 2.75) is 24.3 Å². The molecule has 1 rings (SSSR count). The van der Waals surface area contributed by atoms with Gasteiger partial charge in [0.1, 0.15) is 5.82 Å². The van der Waals surface area contributed by atoms with Crippen LogP contribution in [0.15, 0.2) is 23.1 Å². The number of rotatable bonds is 4. The Bertz CT molecular complexity index is 670. The molecule has 0 unspecified atom stereocenters. The van der Waals surface area contributed by atoms with Crippen LogP contribution < -0.4 is 5.73 Å². The molecule has 0 spiro atoms. The van der Waals surface area contributed by atoms with Gasteiger partial charge in [0.05, 0.1) is 17.0 Å². The SMILES string of the molecule is CN(CC(C)(C)O)S(=O)(=O)c1ccc(F)cc1C#CCN. The van der Waals surface area contributed by atoms with E-state index in [1.165, 1.54) is 20.9 Å². The van der Waals surface area contributed by atoms with Crippen LogP contribution in [0.3, 0.4) is 0 Å². The van der Waals surface area contributed by atoms with E-state index in [0.29, 0.717) is 0 Å². The third-order valence-electron chi connectivity index (χ3n) is 2.56. The first-order valence-corrected chi connectivity index (χ1v) is 7.69. The van der Waals surface area contributed by atoms with Crippen LogP contribution in [-0.4, -0.2) is 43.6 Å². The maximum atomic E-state index is 13.3. The molecule has 3 N–H and O–H groups in total. The first-order valence-electron chi connectivity index (χ1n) is 6.25. The summed E-state index contributed by atoms with van der Waals surface area (Å²) in [5.41, 5.74) is 4.11. The van der Waals surface area contributed by atoms with Crippen LogP contribution in [0.5, 0.6) is 0 Å². The van der Waals surface area contributed by atoms with Gasteiger partial charge >= 0.3 is 0 Å². The highest BCUT2D eigenvalue weighted by Crippen LogP contribution is 2.21. The smallest absolute Gasteiger partial charge is 0.244 e. The van der Waals surface area contributed by atoms with Gasteiger partial charge in [0.15, 0.2) is 0 Å². The molecule has 21 heavy (non-hydrogen) atoms. The maximum Gasteiger partial charge on any atom is 0.244 e. The molecule has 0 saturated heterocycles. The van der Waals surface area contributed by atoms with Crippen molar-refractivity contribution >= 4 is 10.0 Å². The zero-order valence-electron chi connectivity index (χ0n) is 12.2. The van der Waals surface area contributed by atoms with Gasteiger partial charge in [0, 0.05) is 19.2 Å². The van der Waals surface area contributed by atoms with Gasteiger partial charge in [-0.15, -0.1) is 0 Å². The lowest BCUT2D eigenvalue weighted by Gasteiger charge is -2.25. The number of aliphatic hydroxyl groups is 1. The Kier molecular flexibility index (Phi) is 5.48. The third-order valence-corrected chi connectivity index (χ3v) is 4.43. The van der Waals surface area contributed by atoms with Gasteiger partial charge in [0.2, 0.25) is 10.0 Å². The molecule has 0 aliphatic carbocycles. The average Bonchev–Trinajstić information content (AvgIpc) is 2.34. The van der Waals surface area contributed by atoms with E-state index in [9.17, 15) is 17.9 Å². The van der Waals surface area contributed by atoms with Crippen molar-refractivity contribution < 1.29 is 17.9 Å². The summed E-state index contributed by atoms with van der Waals surface area (Å²) in [5.74, 6) is 4.48. The van der Waals surface area contributed by atoms with Gasteiger partial charge in [-0.3, -0.25) is 0 Å². The Labute approximate surface area is 124 Å². The van der Waals surface area contributed by atoms with E-state index in [2.05, 4.69) is 11.8 Å². The van der Waals surface area contributed by atoms with Crippen molar-refractivity contribution in [1.29, 1.82) is 0 Å². The summed E-state index contributed by atoms with van der Waals surface area (Å²) in [4.78, 5) is -0.114. The van der Waals surface area contributed by atoms with Gasteiger partial charge in [-0.05, 0) is 32.0 Å². The minimum atomic E-state index is -3.89. The molecular weight excluding hydrogens is 295 g/mol. The van der Waals surface area contributed by atoms with E-state index >= 15 is 0 Å². The third kappa shape index (κ3) is 4.79. The highest BCUT2D eigenvalue weighted by Gasteiger charge is 2.28. The van der Waals surface area contributed by atoms with Crippen molar-refractivity contribution in [3.8, 4) is 11.8 Å². The van der Waals surface area contributed by atoms with E-state index < -0.39 is 21.4 Å². The minimum absolute atomic E-state index is 0.0372. The molecule has 1 aromatic rings. The van der Waals surface area contributed by atoms with Crippen molar-refractivity contribution in [2.75, 3.05) is 20.1 Å². The summed E-state index contributed by atoms with van der Waals surface area (Å²) in [6.07, 6.45) is 0. The molecule has 0 atom stereocenters. The largest absolute Gasteiger partial charge is 0.389 e. The molecule has 0 aliphatic rings. The molecule has 0 saturated carbocycles. The zero-order valence-corrected chi connectivity index (χ0v) is 13.0. The Morgan fingerprint density at radius 1 is 1.43 bits per heavy atom. The van der Waals surface area contributed by atoms with Crippen LogP contribution in [0, 0.1) is 17.7 Å². The average molecular weight is 314 g/mol. The van der Waals surface area contributed by atoms with Crippen molar-refractivity contribution in [1.82, 2.24) is 4.31 Å². The number of hydrogen-bond acceptors (Lipinski definition) is 4. The highest BCUT2D eigenvalue weighted by molar-refractivity contribution is 7.89. The van der Waals surface area contributed by atoms with Gasteiger partial charge in [-0.1, -0.05) is 11.8 Å². The normalized spacial score (nSPS) is 12.1. The Morgan fingerprint density at radius 2 is 2.05 bits per heavy atom. The molecule has 116 valence electrons. The number of likely N-dealkylation sites (N-methyl/N-ethyl adjacent to an activating group) is 1. The van der Waals surface area contributed by atoms with Gasteiger partial charge in [0.25, 0.3) is 0 Å². The molecule has 0 radical (unpaired) electrons. The summed E-state index contributed by atoms with van der Waals surface area (Å²) < 4.78 is 39.3. The molecule has 0 bridgehead atoms. The molecule has 7 heteroatoms. The quantitative estimate of drug-likeness (QED) is 0.794. The molecule has 0 fully saturated rings. The molecule has 0 aromatic heterocycles. The Balaban J connectivity index is 3.31. The number of sulfonamides is 1. The van der Waals surface area contributed by atoms with Crippen molar-refractivity contribution in [2.24, 2.45) is 5.73 Å². The number of hydrogen-bond donors (Lipinski definition) is 2. The molecule has 1 aromatic carbocycles. The second-order valence-corrected chi connectivity index (χ2v) is 7.23. The molecule has 0 aliphatic heterocycles. The lowest BCUT2D eigenvalue weighted by atomic mass is 10.1. The van der Waals surface area contributed by atoms with Gasteiger partial charge < -0.3 is 10.8 Å². The standard InChI is InChI=1S/C14H19FN2O3S/c1-14(2,18)10-17(3)21(19,20)13-7-6-12(15)9-11(13)5-4-8-16/h6-7,9,18H,8,10,16H2,1-3H3. The minimum Gasteiger partial charge on any atom is -0.389 e. The number of benzene rings is 1. The first-order chi connectivity index (χ1) is 9.58. The second-order valence-electron chi connectivity index (χ2n) is 5.22. The topological polar surface area (TPSA) is 83.6 Å². The van der Waals surface area contributed by atoms with Crippen LogP contribution in [-0.2, 0) is 10.0 Å². The summed E-state index contributed by atoms with van der Waals surface area (Å²) in [5, 5.41) is 9.74. The number of halogens is 1. The van der Waals surface area contributed by atoms with Gasteiger partial charge in [-0.25, -0.2) is 12.8 Å². The predicted molar refractivity (Wildman–Crippen MR) is 78.4 cm³/mol. The number of nitrogens with two attached hydrogens (primary N) is 1. The molecule has 5 nitrogen and oxygen atoms in total. The van der Waals surface area contributed by atoms with Crippen molar-refractivity contribution in [3.05, 3.63) is 29.6 Å². The first kappa shape index (κ1) is 17.6. The highest BCUT2D eigenvalue weighted by atomic mass is 32.2. The van der Waals surface area contributed by atoms with E-state index in [-0.39, 0.29) is 23.5 Å². The van der Waals surface area contributed by atoms with Crippen LogP contribution >= 0.6 is 0 Å². The fourth-order valence-electron chi connectivity index (χ4n) is 1.77. The second kappa shape index (κ2) is 6.54. The summed E-state index contributed by atoms with van der Waals surface area (Å²) in [7, 11) is -2.54. The fourth-order valence-corrected chi connectivity index (χ4v) is 3.22. The number of nitrogens with zero attached hydrogens (tertiary/aromatic N) is 1. The fraction of sp³-hybridized carbons (Fsp3) is 0.429. The van der Waals surface area contributed by atoms with Gasteiger partial charge in [-0.2, -0.15) is 4.31 Å². The zero-order chi connectivity index (χ0) is 16.3. The van der Waals surface area contributed by atoms with E-state index in [1.54, 1.807) is 0 Å².